The molecule has 1 aromatic carbocycles. The van der Waals surface area contributed by atoms with E-state index in [1.165, 1.54) is 30.6 Å². The second kappa shape index (κ2) is 7.51. The van der Waals surface area contributed by atoms with E-state index in [-0.39, 0.29) is 22.8 Å². The van der Waals surface area contributed by atoms with Gasteiger partial charge in [-0.1, -0.05) is 23.9 Å². The van der Waals surface area contributed by atoms with Gasteiger partial charge in [0.25, 0.3) is 0 Å². The molecule has 5 nitrogen and oxygen atoms in total. The lowest BCUT2D eigenvalue weighted by atomic mass is 10.2. The van der Waals surface area contributed by atoms with Gasteiger partial charge in [-0.15, -0.1) is 11.8 Å². The highest BCUT2D eigenvalue weighted by atomic mass is 32.2. The molecule has 1 aliphatic rings. The molecule has 0 spiro atoms. The van der Waals surface area contributed by atoms with E-state index < -0.39 is 5.97 Å². The minimum Gasteiger partial charge on any atom is -0.465 e. The summed E-state index contributed by atoms with van der Waals surface area (Å²) >= 11 is 2.50. The van der Waals surface area contributed by atoms with Crippen LogP contribution >= 0.6 is 23.5 Å². The standard InChI is InChI=1S/C14H15NO4S2/c1-19-13(17)9-4-2-3-5-11(9)21-8-12(16)15-10-6-7-20-14(10)18/h2-5,10H,6-8H2,1H3,(H,15,16). The molecule has 1 aliphatic heterocycles. The number of hydrogen-bond acceptors (Lipinski definition) is 6. The maximum atomic E-state index is 11.9. The Morgan fingerprint density at radius 2 is 2.19 bits per heavy atom. The van der Waals surface area contributed by atoms with Crippen molar-refractivity contribution < 1.29 is 19.1 Å². The number of methoxy groups -OCH3 is 1. The van der Waals surface area contributed by atoms with Crippen molar-refractivity contribution >= 4 is 40.5 Å². The zero-order chi connectivity index (χ0) is 15.2. The average Bonchev–Trinajstić information content (AvgIpc) is 2.90. The van der Waals surface area contributed by atoms with Gasteiger partial charge in [-0.3, -0.25) is 9.59 Å². The smallest absolute Gasteiger partial charge is 0.338 e. The number of carbonyl (C=O) groups excluding carboxylic acids is 3. The fraction of sp³-hybridized carbons (Fsp3) is 0.357. The van der Waals surface area contributed by atoms with Crippen molar-refractivity contribution in [1.82, 2.24) is 5.32 Å². The fourth-order valence-electron chi connectivity index (χ4n) is 1.88. The third-order valence-corrected chi connectivity index (χ3v) is 5.00. The fourth-order valence-corrected chi connectivity index (χ4v) is 3.66. The lowest BCUT2D eigenvalue weighted by Crippen LogP contribution is -2.38. The summed E-state index contributed by atoms with van der Waals surface area (Å²) in [4.78, 5) is 35.6. The maximum Gasteiger partial charge on any atom is 0.338 e. The summed E-state index contributed by atoms with van der Waals surface area (Å²) in [7, 11) is 1.32. The highest BCUT2D eigenvalue weighted by Gasteiger charge is 2.26. The van der Waals surface area contributed by atoms with E-state index >= 15 is 0 Å². The van der Waals surface area contributed by atoms with Crippen LogP contribution in [0.2, 0.25) is 0 Å². The number of thioether (sulfide) groups is 2. The molecule has 7 heteroatoms. The molecule has 1 aromatic rings. The van der Waals surface area contributed by atoms with Gasteiger partial charge >= 0.3 is 5.97 Å². The van der Waals surface area contributed by atoms with Crippen LogP contribution in [0.4, 0.5) is 0 Å². The number of hydrogen-bond donors (Lipinski definition) is 1. The van der Waals surface area contributed by atoms with Gasteiger partial charge in [-0.2, -0.15) is 0 Å². The molecule has 0 saturated carbocycles. The lowest BCUT2D eigenvalue weighted by Gasteiger charge is -2.11. The van der Waals surface area contributed by atoms with Gasteiger partial charge in [0, 0.05) is 10.6 Å². The Morgan fingerprint density at radius 1 is 1.43 bits per heavy atom. The molecule has 0 aliphatic carbocycles. The molecule has 1 heterocycles. The van der Waals surface area contributed by atoms with Crippen LogP contribution in [0, 0.1) is 0 Å². The Balaban J connectivity index is 1.92. The molecule has 1 atom stereocenters. The molecule has 1 unspecified atom stereocenters. The summed E-state index contributed by atoms with van der Waals surface area (Å²) in [6.07, 6.45) is 0.679. The van der Waals surface area contributed by atoms with Crippen molar-refractivity contribution in [2.24, 2.45) is 0 Å². The first-order valence-electron chi connectivity index (χ1n) is 6.38. The zero-order valence-corrected chi connectivity index (χ0v) is 13.1. The van der Waals surface area contributed by atoms with E-state index in [2.05, 4.69) is 5.32 Å². The molecule has 1 N–H and O–H groups in total. The van der Waals surface area contributed by atoms with E-state index in [4.69, 9.17) is 4.74 Å². The first-order chi connectivity index (χ1) is 10.1. The van der Waals surface area contributed by atoms with Gasteiger partial charge in [-0.25, -0.2) is 4.79 Å². The van der Waals surface area contributed by atoms with E-state index in [0.717, 1.165) is 5.75 Å². The number of carbonyl (C=O) groups is 3. The minimum absolute atomic E-state index is 0.0170. The highest BCUT2D eigenvalue weighted by molar-refractivity contribution is 8.14. The molecular weight excluding hydrogens is 310 g/mol. The monoisotopic (exact) mass is 325 g/mol. The Labute approximate surface area is 131 Å². The predicted octanol–water partition coefficient (Wildman–Crippen LogP) is 1.71. The molecule has 1 fully saturated rings. The summed E-state index contributed by atoms with van der Waals surface area (Å²) in [5.41, 5.74) is 0.435. The van der Waals surface area contributed by atoms with Gasteiger partial charge in [-0.05, 0) is 18.6 Å². The van der Waals surface area contributed by atoms with Crippen molar-refractivity contribution in [3.05, 3.63) is 29.8 Å². The molecule has 112 valence electrons. The molecule has 0 bridgehead atoms. The number of benzene rings is 1. The normalized spacial score (nSPS) is 17.6. The first-order valence-corrected chi connectivity index (χ1v) is 8.35. The number of ether oxygens (including phenoxy) is 1. The van der Waals surface area contributed by atoms with Gasteiger partial charge in [0.15, 0.2) is 0 Å². The van der Waals surface area contributed by atoms with E-state index in [1.54, 1.807) is 24.3 Å². The molecule has 2 rings (SSSR count). The van der Waals surface area contributed by atoms with Crippen LogP contribution in [-0.2, 0) is 14.3 Å². The van der Waals surface area contributed by atoms with Gasteiger partial charge < -0.3 is 10.1 Å². The summed E-state index contributed by atoms with van der Waals surface area (Å²) in [5.74, 6) is 0.270. The maximum absolute atomic E-state index is 11.9. The number of amides is 1. The second-order valence-electron chi connectivity index (χ2n) is 4.35. The lowest BCUT2D eigenvalue weighted by molar-refractivity contribution is -0.122. The van der Waals surface area contributed by atoms with Gasteiger partial charge in [0.1, 0.15) is 0 Å². The van der Waals surface area contributed by atoms with Crippen LogP contribution in [0.3, 0.4) is 0 Å². The predicted molar refractivity (Wildman–Crippen MR) is 82.5 cm³/mol. The summed E-state index contributed by atoms with van der Waals surface area (Å²) in [5, 5.41) is 2.73. The van der Waals surface area contributed by atoms with Crippen LogP contribution in [0.15, 0.2) is 29.2 Å². The minimum atomic E-state index is -0.430. The summed E-state index contributed by atoms with van der Waals surface area (Å²) in [6.45, 7) is 0. The van der Waals surface area contributed by atoms with Crippen molar-refractivity contribution in [3.8, 4) is 0 Å². The molecule has 0 aromatic heterocycles. The first kappa shape index (κ1) is 15.9. The van der Waals surface area contributed by atoms with Crippen LogP contribution in [-0.4, -0.2) is 41.6 Å². The summed E-state index contributed by atoms with van der Waals surface area (Å²) < 4.78 is 4.71. The van der Waals surface area contributed by atoms with E-state index in [0.29, 0.717) is 16.9 Å². The largest absolute Gasteiger partial charge is 0.465 e. The Bertz CT molecular complexity index is 562. The van der Waals surface area contributed by atoms with Gasteiger partial charge in [0.2, 0.25) is 11.0 Å². The Kier molecular flexibility index (Phi) is 5.69. The van der Waals surface area contributed by atoms with Gasteiger partial charge in [0.05, 0.1) is 24.5 Å². The molecule has 1 saturated heterocycles. The SMILES string of the molecule is COC(=O)c1ccccc1SCC(=O)NC1CCSC1=O. The van der Waals surface area contributed by atoms with Crippen LogP contribution in [0.5, 0.6) is 0 Å². The Morgan fingerprint density at radius 3 is 2.86 bits per heavy atom. The third kappa shape index (κ3) is 4.25. The van der Waals surface area contributed by atoms with Crippen molar-refractivity contribution in [3.63, 3.8) is 0 Å². The quantitative estimate of drug-likeness (QED) is 0.656. The van der Waals surface area contributed by atoms with Crippen LogP contribution < -0.4 is 5.32 Å². The van der Waals surface area contributed by atoms with Crippen LogP contribution in [0.1, 0.15) is 16.8 Å². The van der Waals surface area contributed by atoms with E-state index in [9.17, 15) is 14.4 Å². The second-order valence-corrected chi connectivity index (χ2v) is 6.47. The van der Waals surface area contributed by atoms with Crippen molar-refractivity contribution in [2.75, 3.05) is 18.6 Å². The number of rotatable bonds is 5. The number of nitrogens with one attached hydrogen (secondary N) is 1. The average molecular weight is 325 g/mol. The third-order valence-electron chi connectivity index (χ3n) is 2.92. The summed E-state index contributed by atoms with van der Waals surface area (Å²) in [6, 6.07) is 6.58. The Hall–Kier alpha value is -1.47. The molecule has 21 heavy (non-hydrogen) atoms. The van der Waals surface area contributed by atoms with E-state index in [1.807, 2.05) is 0 Å². The molecular formula is C14H15NO4S2. The topological polar surface area (TPSA) is 72.5 Å². The van der Waals surface area contributed by atoms with Crippen molar-refractivity contribution in [2.45, 2.75) is 17.4 Å². The highest BCUT2D eigenvalue weighted by Crippen LogP contribution is 2.24. The molecule has 1 amide bonds. The molecule has 0 radical (unpaired) electrons. The van der Waals surface area contributed by atoms with Crippen LogP contribution in [0.25, 0.3) is 0 Å². The van der Waals surface area contributed by atoms with Crippen molar-refractivity contribution in [1.29, 1.82) is 0 Å². The zero-order valence-electron chi connectivity index (χ0n) is 11.5. The number of esters is 1.